The van der Waals surface area contributed by atoms with E-state index < -0.39 is 4.92 Å². The highest BCUT2D eigenvalue weighted by Gasteiger charge is 2.19. The number of aryl methyl sites for hydroxylation is 1. The van der Waals surface area contributed by atoms with E-state index in [1.54, 1.807) is 17.6 Å². The number of hydrogen-bond acceptors (Lipinski definition) is 5. The summed E-state index contributed by atoms with van der Waals surface area (Å²) in [5, 5.41) is 11.1. The van der Waals surface area contributed by atoms with Crippen LogP contribution in [-0.2, 0) is 6.42 Å². The number of nitro groups is 1. The maximum absolute atomic E-state index is 11.1. The van der Waals surface area contributed by atoms with Crippen molar-refractivity contribution in [2.24, 2.45) is 5.73 Å². The van der Waals surface area contributed by atoms with Crippen molar-refractivity contribution in [1.29, 1.82) is 0 Å². The van der Waals surface area contributed by atoms with Crippen molar-refractivity contribution in [3.05, 3.63) is 57.9 Å². The third-order valence-electron chi connectivity index (χ3n) is 3.90. The Morgan fingerprint density at radius 3 is 2.79 bits per heavy atom. The van der Waals surface area contributed by atoms with Crippen LogP contribution >= 0.6 is 0 Å². The number of rotatable bonds is 5. The minimum absolute atomic E-state index is 0.0147. The van der Waals surface area contributed by atoms with E-state index in [9.17, 15) is 10.1 Å². The summed E-state index contributed by atoms with van der Waals surface area (Å²) in [5.41, 5.74) is 9.91. The second kappa shape index (κ2) is 6.29. The van der Waals surface area contributed by atoms with Gasteiger partial charge in [0.05, 0.1) is 29.6 Å². The number of benzene rings is 1. The van der Waals surface area contributed by atoms with E-state index in [0.717, 1.165) is 22.5 Å². The van der Waals surface area contributed by atoms with Gasteiger partial charge in [0.15, 0.2) is 0 Å². The second-order valence-corrected chi connectivity index (χ2v) is 5.52. The molecule has 0 aliphatic heterocycles. The predicted molar refractivity (Wildman–Crippen MR) is 91.3 cm³/mol. The molecule has 0 saturated heterocycles. The van der Waals surface area contributed by atoms with E-state index in [2.05, 4.69) is 4.98 Å². The number of pyridine rings is 1. The van der Waals surface area contributed by atoms with Crippen molar-refractivity contribution in [1.82, 2.24) is 9.38 Å². The number of nitrogens with two attached hydrogens (primary N) is 1. The molecule has 7 heteroatoms. The lowest BCUT2D eigenvalue weighted by molar-refractivity contribution is -0.385. The SMILES string of the molecule is COc1ccc(C)cc1-c1nc2ccc([N+](=O)[O-])cn2c1CCN. The molecule has 0 fully saturated rings. The predicted octanol–water partition coefficient (Wildman–Crippen LogP) is 2.73. The molecule has 1 aromatic carbocycles. The summed E-state index contributed by atoms with van der Waals surface area (Å²) in [4.78, 5) is 15.3. The maximum Gasteiger partial charge on any atom is 0.286 e. The summed E-state index contributed by atoms with van der Waals surface area (Å²) in [7, 11) is 1.61. The maximum atomic E-state index is 11.1. The zero-order chi connectivity index (χ0) is 17.3. The lowest BCUT2D eigenvalue weighted by Gasteiger charge is -2.09. The summed E-state index contributed by atoms with van der Waals surface area (Å²) in [6, 6.07) is 8.94. The van der Waals surface area contributed by atoms with E-state index in [0.29, 0.717) is 24.4 Å². The molecule has 24 heavy (non-hydrogen) atoms. The second-order valence-electron chi connectivity index (χ2n) is 5.52. The summed E-state index contributed by atoms with van der Waals surface area (Å²) in [6.45, 7) is 2.41. The third kappa shape index (κ3) is 2.69. The summed E-state index contributed by atoms with van der Waals surface area (Å²) in [5.74, 6) is 0.705. The highest BCUT2D eigenvalue weighted by Crippen LogP contribution is 2.34. The van der Waals surface area contributed by atoms with E-state index >= 15 is 0 Å². The Morgan fingerprint density at radius 2 is 2.12 bits per heavy atom. The first-order chi connectivity index (χ1) is 11.5. The van der Waals surface area contributed by atoms with Gasteiger partial charge in [0.25, 0.3) is 5.69 Å². The number of imidazole rings is 1. The van der Waals surface area contributed by atoms with Gasteiger partial charge in [0, 0.05) is 18.1 Å². The fraction of sp³-hybridized carbons (Fsp3) is 0.235. The molecule has 3 rings (SSSR count). The largest absolute Gasteiger partial charge is 0.496 e. The Morgan fingerprint density at radius 1 is 1.33 bits per heavy atom. The van der Waals surface area contributed by atoms with E-state index in [1.807, 2.05) is 25.1 Å². The minimum atomic E-state index is -0.418. The molecule has 0 atom stereocenters. The van der Waals surface area contributed by atoms with Gasteiger partial charge in [-0.1, -0.05) is 11.6 Å². The molecule has 7 nitrogen and oxygen atoms in total. The molecular formula is C17H18N4O3. The Bertz CT molecular complexity index is 918. The van der Waals surface area contributed by atoms with Gasteiger partial charge in [-0.15, -0.1) is 0 Å². The van der Waals surface area contributed by atoms with Crippen molar-refractivity contribution in [3.63, 3.8) is 0 Å². The molecule has 3 aromatic rings. The van der Waals surface area contributed by atoms with Crippen LogP contribution in [0.25, 0.3) is 16.9 Å². The summed E-state index contributed by atoms with van der Waals surface area (Å²) >= 11 is 0. The molecule has 0 saturated carbocycles. The number of methoxy groups -OCH3 is 1. The van der Waals surface area contributed by atoms with Crippen LogP contribution in [0.5, 0.6) is 5.75 Å². The molecule has 0 spiro atoms. The number of nitrogens with zero attached hydrogens (tertiary/aromatic N) is 3. The molecular weight excluding hydrogens is 308 g/mol. The first kappa shape index (κ1) is 15.9. The van der Waals surface area contributed by atoms with E-state index in [1.165, 1.54) is 12.3 Å². The third-order valence-corrected chi connectivity index (χ3v) is 3.90. The molecule has 0 radical (unpaired) electrons. The van der Waals surface area contributed by atoms with Gasteiger partial charge in [-0.3, -0.25) is 14.5 Å². The van der Waals surface area contributed by atoms with Crippen LogP contribution in [0.2, 0.25) is 0 Å². The van der Waals surface area contributed by atoms with Crippen LogP contribution in [0, 0.1) is 17.0 Å². The van der Waals surface area contributed by atoms with E-state index in [4.69, 9.17) is 10.5 Å². The van der Waals surface area contributed by atoms with Crippen molar-refractivity contribution >= 4 is 11.3 Å². The standard InChI is InChI=1S/C17H18N4O3/c1-11-3-5-15(24-2)13(9-11)17-14(7-8-18)20-10-12(21(22)23)4-6-16(20)19-17/h3-6,9-10H,7-8,18H2,1-2H3. The zero-order valence-electron chi connectivity index (χ0n) is 13.5. The molecule has 0 aliphatic rings. The lowest BCUT2D eigenvalue weighted by Crippen LogP contribution is -2.07. The summed E-state index contributed by atoms with van der Waals surface area (Å²) < 4.78 is 7.20. The Hall–Kier alpha value is -2.93. The topological polar surface area (TPSA) is 95.7 Å². The van der Waals surface area contributed by atoms with Crippen LogP contribution in [0.3, 0.4) is 0 Å². The van der Waals surface area contributed by atoms with Gasteiger partial charge in [-0.25, -0.2) is 4.98 Å². The summed E-state index contributed by atoms with van der Waals surface area (Å²) in [6.07, 6.45) is 2.04. The van der Waals surface area contributed by atoms with Crippen LogP contribution in [0.4, 0.5) is 5.69 Å². The van der Waals surface area contributed by atoms with Crippen LogP contribution in [-0.4, -0.2) is 28.0 Å². The van der Waals surface area contributed by atoms with Gasteiger partial charge < -0.3 is 10.5 Å². The fourth-order valence-electron chi connectivity index (χ4n) is 2.79. The normalized spacial score (nSPS) is 11.0. The fourth-order valence-corrected chi connectivity index (χ4v) is 2.79. The van der Waals surface area contributed by atoms with Gasteiger partial charge in [-0.2, -0.15) is 0 Å². The molecule has 2 aromatic heterocycles. The van der Waals surface area contributed by atoms with Crippen LogP contribution in [0.15, 0.2) is 36.5 Å². The van der Waals surface area contributed by atoms with Crippen molar-refractivity contribution in [3.8, 4) is 17.0 Å². The Labute approximate surface area is 138 Å². The quantitative estimate of drug-likeness (QED) is 0.574. The average Bonchev–Trinajstić information content (AvgIpc) is 2.93. The minimum Gasteiger partial charge on any atom is -0.496 e. The van der Waals surface area contributed by atoms with Gasteiger partial charge >= 0.3 is 0 Å². The number of hydrogen-bond donors (Lipinski definition) is 1. The average molecular weight is 326 g/mol. The van der Waals surface area contributed by atoms with Crippen molar-refractivity contribution in [2.75, 3.05) is 13.7 Å². The molecule has 2 N–H and O–H groups in total. The number of ether oxygens (including phenoxy) is 1. The first-order valence-corrected chi connectivity index (χ1v) is 7.55. The van der Waals surface area contributed by atoms with Crippen LogP contribution < -0.4 is 10.5 Å². The number of aromatic nitrogens is 2. The molecule has 124 valence electrons. The zero-order valence-corrected chi connectivity index (χ0v) is 13.5. The highest BCUT2D eigenvalue weighted by molar-refractivity contribution is 5.73. The molecule has 0 amide bonds. The lowest BCUT2D eigenvalue weighted by atomic mass is 10.0. The Balaban J connectivity index is 2.30. The molecule has 2 heterocycles. The van der Waals surface area contributed by atoms with Gasteiger partial charge in [0.1, 0.15) is 11.4 Å². The Kier molecular flexibility index (Phi) is 4.18. The van der Waals surface area contributed by atoms with E-state index in [-0.39, 0.29) is 5.69 Å². The highest BCUT2D eigenvalue weighted by atomic mass is 16.6. The monoisotopic (exact) mass is 326 g/mol. The van der Waals surface area contributed by atoms with Gasteiger partial charge in [-0.05, 0) is 31.7 Å². The first-order valence-electron chi connectivity index (χ1n) is 7.55. The smallest absolute Gasteiger partial charge is 0.286 e. The van der Waals surface area contributed by atoms with Crippen LogP contribution in [0.1, 0.15) is 11.3 Å². The molecule has 0 aliphatic carbocycles. The molecule has 0 unspecified atom stereocenters. The number of fused-ring (bicyclic) bond motifs is 1. The van der Waals surface area contributed by atoms with Gasteiger partial charge in [0.2, 0.25) is 0 Å². The van der Waals surface area contributed by atoms with Crippen molar-refractivity contribution in [2.45, 2.75) is 13.3 Å². The molecule has 0 bridgehead atoms. The van der Waals surface area contributed by atoms with Crippen molar-refractivity contribution < 1.29 is 9.66 Å².